The summed E-state index contributed by atoms with van der Waals surface area (Å²) in [5.74, 6) is 0. The van der Waals surface area contributed by atoms with Gasteiger partial charge in [0, 0.05) is 6.20 Å². The molecule has 0 aliphatic carbocycles. The van der Waals surface area contributed by atoms with Crippen LogP contribution in [0, 0.1) is 0 Å². The van der Waals surface area contributed by atoms with Crippen LogP contribution in [0.25, 0.3) is 5.65 Å². The van der Waals surface area contributed by atoms with E-state index in [9.17, 15) is 26.3 Å². The third kappa shape index (κ3) is 2.75. The predicted molar refractivity (Wildman–Crippen MR) is 59.6 cm³/mol. The maximum absolute atomic E-state index is 12.7. The molecule has 0 atom stereocenters. The van der Waals surface area contributed by atoms with Gasteiger partial charge in [-0.05, 0) is 6.07 Å². The Balaban J connectivity index is 2.76. The Labute approximate surface area is 117 Å². The Morgan fingerprint density at radius 3 is 2.33 bits per heavy atom. The molecular weight excluding hydrogens is 328 g/mol. The van der Waals surface area contributed by atoms with Crippen molar-refractivity contribution in [2.24, 2.45) is 5.16 Å². The molecular formula is C10H4ClF6N3O. The first-order valence-electron chi connectivity index (χ1n) is 5.09. The molecule has 0 radical (unpaired) electrons. The highest BCUT2D eigenvalue weighted by Gasteiger charge is 2.40. The first kappa shape index (κ1) is 15.4. The summed E-state index contributed by atoms with van der Waals surface area (Å²) in [7, 11) is 0. The molecule has 21 heavy (non-hydrogen) atoms. The normalized spacial score (nSPS) is 14.0. The second-order valence-electron chi connectivity index (χ2n) is 3.86. The van der Waals surface area contributed by atoms with Gasteiger partial charge in [0.1, 0.15) is 0 Å². The van der Waals surface area contributed by atoms with Crippen LogP contribution in [0.15, 0.2) is 23.6 Å². The largest absolute Gasteiger partial charge is 0.438 e. The lowest BCUT2D eigenvalue weighted by molar-refractivity contribution is -0.137. The zero-order valence-electron chi connectivity index (χ0n) is 9.67. The molecule has 2 aromatic heterocycles. The van der Waals surface area contributed by atoms with Gasteiger partial charge in [-0.1, -0.05) is 16.8 Å². The second kappa shape index (κ2) is 4.79. The fraction of sp³-hybridized carbons (Fsp3) is 0.200. The molecule has 0 spiro atoms. The third-order valence-corrected chi connectivity index (χ3v) is 2.78. The summed E-state index contributed by atoms with van der Waals surface area (Å²) in [6.07, 6.45) is -8.88. The summed E-state index contributed by atoms with van der Waals surface area (Å²) in [5.41, 5.74) is -4.25. The minimum Gasteiger partial charge on any atom is -0.410 e. The van der Waals surface area contributed by atoms with Crippen molar-refractivity contribution in [2.75, 3.05) is 0 Å². The summed E-state index contributed by atoms with van der Waals surface area (Å²) < 4.78 is 76.4. The number of nitrogens with zero attached hydrogens (tertiary/aromatic N) is 3. The smallest absolute Gasteiger partial charge is 0.410 e. The first-order valence-corrected chi connectivity index (χ1v) is 5.47. The van der Waals surface area contributed by atoms with Crippen LogP contribution in [-0.4, -0.2) is 26.5 Å². The van der Waals surface area contributed by atoms with Gasteiger partial charge in [0.05, 0.1) is 22.5 Å². The topological polar surface area (TPSA) is 49.9 Å². The minimum atomic E-state index is -5.08. The number of halogens is 7. The fourth-order valence-electron chi connectivity index (χ4n) is 1.63. The summed E-state index contributed by atoms with van der Waals surface area (Å²) >= 11 is 5.58. The first-order chi connectivity index (χ1) is 9.55. The molecule has 1 N–H and O–H groups in total. The van der Waals surface area contributed by atoms with Gasteiger partial charge in [-0.15, -0.1) is 0 Å². The highest BCUT2D eigenvalue weighted by atomic mass is 35.5. The number of rotatable bonds is 1. The lowest BCUT2D eigenvalue weighted by Gasteiger charge is -2.11. The standard InChI is InChI=1S/C10H4ClF6N3O/c11-5-1-4(9(12,13)14)3-20-6(2-18-8(5)20)7(19-21)10(15,16)17/h1-3,21H/b19-7+. The van der Waals surface area contributed by atoms with Crippen molar-refractivity contribution < 1.29 is 31.5 Å². The molecule has 0 unspecified atom stereocenters. The molecule has 0 bridgehead atoms. The van der Waals surface area contributed by atoms with Crippen molar-refractivity contribution in [1.82, 2.24) is 9.38 Å². The van der Waals surface area contributed by atoms with Crippen LogP contribution < -0.4 is 0 Å². The van der Waals surface area contributed by atoms with Gasteiger partial charge in [0.25, 0.3) is 0 Å². The highest BCUT2D eigenvalue weighted by Crippen LogP contribution is 2.33. The van der Waals surface area contributed by atoms with Gasteiger partial charge in [0.2, 0.25) is 5.71 Å². The Bertz CT molecular complexity index is 718. The summed E-state index contributed by atoms with van der Waals surface area (Å²) in [6.45, 7) is 0. The van der Waals surface area contributed by atoms with E-state index in [1.54, 1.807) is 0 Å². The molecule has 114 valence electrons. The molecule has 2 aromatic rings. The van der Waals surface area contributed by atoms with E-state index in [0.717, 1.165) is 0 Å². The van der Waals surface area contributed by atoms with Gasteiger partial charge in [0.15, 0.2) is 5.65 Å². The fourth-order valence-corrected chi connectivity index (χ4v) is 1.89. The summed E-state index contributed by atoms with van der Waals surface area (Å²) in [5, 5.41) is 10.1. The molecule has 11 heteroatoms. The summed E-state index contributed by atoms with van der Waals surface area (Å²) in [6, 6.07) is 0.539. The second-order valence-corrected chi connectivity index (χ2v) is 4.27. The molecule has 4 nitrogen and oxygen atoms in total. The van der Waals surface area contributed by atoms with E-state index in [0.29, 0.717) is 22.9 Å². The van der Waals surface area contributed by atoms with E-state index >= 15 is 0 Å². The molecule has 0 aliphatic rings. The van der Waals surface area contributed by atoms with Crippen molar-refractivity contribution >= 4 is 23.0 Å². The monoisotopic (exact) mass is 331 g/mol. The molecule has 0 aromatic carbocycles. The van der Waals surface area contributed by atoms with Gasteiger partial charge in [-0.2, -0.15) is 26.3 Å². The number of pyridine rings is 1. The number of alkyl halides is 6. The molecule has 0 aliphatic heterocycles. The van der Waals surface area contributed by atoms with E-state index in [2.05, 4.69) is 10.1 Å². The van der Waals surface area contributed by atoms with Gasteiger partial charge in [-0.25, -0.2) is 4.98 Å². The zero-order chi connectivity index (χ0) is 16.0. The Morgan fingerprint density at radius 2 is 1.86 bits per heavy atom. The molecule has 0 saturated heterocycles. The van der Waals surface area contributed by atoms with E-state index < -0.39 is 34.3 Å². The molecule has 0 saturated carbocycles. The van der Waals surface area contributed by atoms with Crippen molar-refractivity contribution in [3.8, 4) is 0 Å². The quantitative estimate of drug-likeness (QED) is 0.374. The number of aromatic nitrogens is 2. The van der Waals surface area contributed by atoms with Gasteiger partial charge in [-0.3, -0.25) is 4.40 Å². The van der Waals surface area contributed by atoms with Crippen molar-refractivity contribution in [2.45, 2.75) is 12.4 Å². The lowest BCUT2D eigenvalue weighted by Crippen LogP contribution is -2.25. The SMILES string of the molecule is O/N=C(\c1cnc2c(Cl)cc(C(F)(F)F)cn12)C(F)(F)F. The highest BCUT2D eigenvalue weighted by molar-refractivity contribution is 6.33. The van der Waals surface area contributed by atoms with Gasteiger partial charge >= 0.3 is 12.4 Å². The van der Waals surface area contributed by atoms with E-state index in [-0.39, 0.29) is 5.65 Å². The van der Waals surface area contributed by atoms with Gasteiger partial charge < -0.3 is 5.21 Å². The molecule has 0 amide bonds. The number of hydrogen-bond acceptors (Lipinski definition) is 3. The lowest BCUT2D eigenvalue weighted by atomic mass is 10.2. The average molecular weight is 332 g/mol. The van der Waals surface area contributed by atoms with Crippen LogP contribution in [-0.2, 0) is 6.18 Å². The maximum Gasteiger partial charge on any atom is 0.438 e. The minimum absolute atomic E-state index is 0.329. The van der Waals surface area contributed by atoms with Crippen LogP contribution in [0.2, 0.25) is 5.02 Å². The van der Waals surface area contributed by atoms with Crippen LogP contribution >= 0.6 is 11.6 Å². The van der Waals surface area contributed by atoms with Crippen LogP contribution in [0.3, 0.4) is 0 Å². The van der Waals surface area contributed by atoms with Crippen LogP contribution in [0.4, 0.5) is 26.3 Å². The van der Waals surface area contributed by atoms with Crippen LogP contribution in [0.1, 0.15) is 11.3 Å². The Morgan fingerprint density at radius 1 is 1.24 bits per heavy atom. The van der Waals surface area contributed by atoms with Crippen molar-refractivity contribution in [3.63, 3.8) is 0 Å². The number of oxime groups is 1. The zero-order valence-corrected chi connectivity index (χ0v) is 10.4. The Hall–Kier alpha value is -1.97. The third-order valence-electron chi connectivity index (χ3n) is 2.50. The van der Waals surface area contributed by atoms with E-state index in [1.807, 2.05) is 0 Å². The molecule has 0 fully saturated rings. The average Bonchev–Trinajstić information content (AvgIpc) is 2.71. The number of fused-ring (bicyclic) bond motifs is 1. The molecule has 2 rings (SSSR count). The number of imidazole rings is 1. The maximum atomic E-state index is 12.7. The van der Waals surface area contributed by atoms with Crippen molar-refractivity contribution in [1.29, 1.82) is 0 Å². The molecule has 2 heterocycles. The van der Waals surface area contributed by atoms with Crippen LogP contribution in [0.5, 0.6) is 0 Å². The van der Waals surface area contributed by atoms with Crippen molar-refractivity contribution in [3.05, 3.63) is 34.7 Å². The predicted octanol–water partition coefficient (Wildman–Crippen LogP) is 3.75. The van der Waals surface area contributed by atoms with E-state index in [1.165, 1.54) is 0 Å². The Kier molecular flexibility index (Phi) is 3.52. The summed E-state index contributed by atoms with van der Waals surface area (Å²) in [4.78, 5) is 3.50. The van der Waals surface area contributed by atoms with E-state index in [4.69, 9.17) is 16.8 Å². The number of hydrogen-bond donors (Lipinski definition) is 1.